The fourth-order valence-electron chi connectivity index (χ4n) is 13.2. The van der Waals surface area contributed by atoms with Crippen molar-refractivity contribution in [3.8, 4) is 0 Å². The zero-order valence-electron chi connectivity index (χ0n) is 72.3. The topological polar surface area (TPSA) is 263 Å². The third-order valence-corrected chi connectivity index (χ3v) is 19.2. The van der Waals surface area contributed by atoms with Crippen molar-refractivity contribution in [2.24, 2.45) is 0 Å². The Kier molecular flexibility index (Phi) is 58.4. The Morgan fingerprint density at radius 1 is 0.207 bits per heavy atom. The van der Waals surface area contributed by atoms with Crippen molar-refractivity contribution in [2.45, 2.75) is 171 Å². The first kappa shape index (κ1) is 113. The van der Waals surface area contributed by atoms with E-state index in [0.717, 1.165) is 64.2 Å². The van der Waals surface area contributed by atoms with Crippen LogP contribution in [0.5, 0.6) is 0 Å². The summed E-state index contributed by atoms with van der Waals surface area (Å²) in [6, 6.07) is 112. The molecule has 1 atom stereocenters. The van der Waals surface area contributed by atoms with Crippen molar-refractivity contribution in [1.29, 1.82) is 0 Å². The van der Waals surface area contributed by atoms with Gasteiger partial charge in [0.05, 0.1) is 11.7 Å². The molecule has 0 saturated carbocycles. The van der Waals surface area contributed by atoms with Crippen LogP contribution in [0, 0.1) is 7.43 Å². The molecule has 0 aliphatic heterocycles. The number of hydrogen-bond acceptors (Lipinski definition) is 13. The molecule has 16 heteroatoms. The minimum atomic E-state index is -1.70. The van der Waals surface area contributed by atoms with E-state index in [0.29, 0.717) is 106 Å². The van der Waals surface area contributed by atoms with Gasteiger partial charge in [0.1, 0.15) is 0 Å². The molecule has 0 aliphatic carbocycles. The number of hydrogen-bond donors (Lipinski definition) is 13. The monoisotopic (exact) mass is 1750 g/mol. The molecule has 12 aromatic carbocycles. The summed E-state index contributed by atoms with van der Waals surface area (Å²) < 4.78 is 0. The van der Waals surface area contributed by atoms with E-state index >= 15 is 0 Å². The zero-order chi connectivity index (χ0) is 85.7. The number of aliphatic hydroxyl groups excluding tert-OH is 6. The molecule has 12 rings (SSSR count). The van der Waals surface area contributed by atoms with Crippen LogP contribution < -0.4 is 0 Å². The third kappa shape index (κ3) is 33.4. The van der Waals surface area contributed by atoms with Gasteiger partial charge in [0, 0.05) is 105 Å². The van der Waals surface area contributed by atoms with Crippen molar-refractivity contribution < 1.29 is 132 Å². The van der Waals surface area contributed by atoms with Crippen molar-refractivity contribution in [3.63, 3.8) is 0 Å². The summed E-state index contributed by atoms with van der Waals surface area (Å²) >= 11 is 0. The van der Waals surface area contributed by atoms with Gasteiger partial charge in [-0.25, -0.2) is 0 Å². The van der Waals surface area contributed by atoms with Gasteiger partial charge in [0.15, 0.2) is 33.6 Å². The van der Waals surface area contributed by atoms with Gasteiger partial charge in [0.2, 0.25) is 0 Å². The summed E-state index contributed by atoms with van der Waals surface area (Å²) in [5.41, 5.74) is -3.45. The second kappa shape index (κ2) is 62.4. The van der Waals surface area contributed by atoms with Gasteiger partial charge in [-0.2, -0.15) is 0 Å². The molecule has 0 aliphatic rings. The number of benzene rings is 12. The van der Waals surface area contributed by atoms with E-state index in [1.54, 1.807) is 20.8 Å². The predicted molar refractivity (Wildman–Crippen MR) is 484 cm³/mol. The molecule has 12 aromatic rings. The van der Waals surface area contributed by atoms with Crippen LogP contribution in [0.15, 0.2) is 364 Å². The second-order valence-electron chi connectivity index (χ2n) is 28.9. The second-order valence-corrected chi connectivity index (χ2v) is 28.9. The summed E-state index contributed by atoms with van der Waals surface area (Å²) in [7, 11) is 0. The van der Waals surface area contributed by atoms with Gasteiger partial charge >= 0.3 is 0 Å². The molecular formula is C105H133O13Ti3-. The normalized spacial score (nSPS) is 11.1. The van der Waals surface area contributed by atoms with Gasteiger partial charge in [-0.05, 0) is 120 Å². The minimum absolute atomic E-state index is 0. The summed E-state index contributed by atoms with van der Waals surface area (Å²) in [6.07, 6.45) is 10.2. The van der Waals surface area contributed by atoms with Gasteiger partial charge in [-0.1, -0.05) is 431 Å². The fourth-order valence-corrected chi connectivity index (χ4v) is 13.2. The minimum Gasteiger partial charge on any atom is -0.396 e. The van der Waals surface area contributed by atoms with Gasteiger partial charge in [-0.15, -0.1) is 0 Å². The van der Waals surface area contributed by atoms with Gasteiger partial charge in [0.25, 0.3) is 0 Å². The maximum absolute atomic E-state index is 12.3. The standard InChI is InChI=1S/3C26H22O2.C6H14O2.5C4H10O.CH3.3Ti/c3*27-25(21-13-5-1-6-14-21,22-15-7-2-8-16-22)26(28,23-17-9-3-10-18-23)24-19-11-4-12-20-24;1-5(7)4-6(2,3)8;5*1-2-3-4-5;;;;/h3*1-20,27-28H;5,7-8H,4H2,1-3H3;5*5H,2-4H2,1H3;1H3;;;/q;;;;;;;;;-1;;;. The summed E-state index contributed by atoms with van der Waals surface area (Å²) in [5, 5.41) is 132. The van der Waals surface area contributed by atoms with E-state index in [1.807, 2.05) is 364 Å². The molecular weight excluding hydrogens is 1610 g/mol. The molecule has 121 heavy (non-hydrogen) atoms. The van der Waals surface area contributed by atoms with Crippen molar-refractivity contribution in [1.82, 2.24) is 0 Å². The fraction of sp³-hybridized carbons (Fsp3) is 0.305. The van der Waals surface area contributed by atoms with Crippen LogP contribution in [0.2, 0.25) is 0 Å². The van der Waals surface area contributed by atoms with Crippen LogP contribution in [-0.4, -0.2) is 111 Å². The summed E-state index contributed by atoms with van der Waals surface area (Å²) in [5.74, 6) is 0. The van der Waals surface area contributed by atoms with Crippen LogP contribution >= 0.6 is 0 Å². The largest absolute Gasteiger partial charge is 0.396 e. The van der Waals surface area contributed by atoms with E-state index in [-0.39, 0.29) is 72.6 Å². The Labute approximate surface area is 767 Å². The average Bonchev–Trinajstić information content (AvgIpc) is 0.732. The Morgan fingerprint density at radius 3 is 0.339 bits per heavy atom. The zero-order valence-corrected chi connectivity index (χ0v) is 77.0. The molecule has 13 N–H and O–H groups in total. The SMILES string of the molecule is CC(O)CC(C)(C)O.CCCCO.CCCCO.CCCCO.CCCCO.CCCCO.OC(c1ccccc1)(c1ccccc1)C(O)(c1ccccc1)c1ccccc1.OC(c1ccccc1)(c1ccccc1)C(O)(c1ccccc1)c1ccccc1.OC(c1ccccc1)(c1ccccc1)C(O)(c1ccccc1)c1ccccc1.[CH3-].[Ti].[Ti].[Ti]. The molecule has 0 heterocycles. The van der Waals surface area contributed by atoms with Gasteiger partial charge in [-0.3, -0.25) is 0 Å². The van der Waals surface area contributed by atoms with Crippen LogP contribution in [-0.2, 0) is 98.8 Å². The summed E-state index contributed by atoms with van der Waals surface area (Å²) in [4.78, 5) is 0. The third-order valence-electron chi connectivity index (χ3n) is 19.2. The van der Waals surface area contributed by atoms with Crippen LogP contribution in [0.3, 0.4) is 0 Å². The Bertz CT molecular complexity index is 3420. The van der Waals surface area contributed by atoms with E-state index in [1.165, 1.54) is 0 Å². The summed E-state index contributed by atoms with van der Waals surface area (Å²) in [6.45, 7) is 17.0. The molecule has 0 aromatic heterocycles. The van der Waals surface area contributed by atoms with Crippen LogP contribution in [0.25, 0.3) is 0 Å². The van der Waals surface area contributed by atoms with Crippen molar-refractivity contribution in [2.75, 3.05) is 33.0 Å². The molecule has 0 saturated heterocycles. The number of rotatable bonds is 27. The predicted octanol–water partition coefficient (Wildman–Crippen LogP) is 19.4. The Morgan fingerprint density at radius 2 is 0.298 bits per heavy atom. The van der Waals surface area contributed by atoms with Crippen molar-refractivity contribution >= 4 is 0 Å². The average molecular weight is 1750 g/mol. The van der Waals surface area contributed by atoms with E-state index in [9.17, 15) is 30.6 Å². The first-order valence-electron chi connectivity index (χ1n) is 41.0. The molecule has 0 spiro atoms. The first-order valence-corrected chi connectivity index (χ1v) is 41.0. The Hall–Kier alpha value is -7.74. The van der Waals surface area contributed by atoms with E-state index < -0.39 is 45.3 Å². The molecule has 1 unspecified atom stereocenters. The molecule has 644 valence electrons. The molecule has 0 amide bonds. The van der Waals surface area contributed by atoms with E-state index in [4.69, 9.17) is 35.7 Å². The Balaban J connectivity index is 0.00000148. The number of unbranched alkanes of at least 4 members (excludes halogenated alkanes) is 5. The van der Waals surface area contributed by atoms with Gasteiger partial charge < -0.3 is 73.8 Å². The molecule has 0 radical (unpaired) electrons. The quantitative estimate of drug-likeness (QED) is 0.0169. The van der Waals surface area contributed by atoms with E-state index in [2.05, 4.69) is 34.6 Å². The molecule has 0 fully saturated rings. The molecule has 0 bridgehead atoms. The van der Waals surface area contributed by atoms with Crippen LogP contribution in [0.1, 0.15) is 193 Å². The smallest absolute Gasteiger partial charge is 0.152 e. The van der Waals surface area contributed by atoms with Crippen molar-refractivity contribution in [3.05, 3.63) is 438 Å². The first-order chi connectivity index (χ1) is 56.5. The number of aliphatic hydroxyl groups is 13. The maximum atomic E-state index is 12.3. The molecule has 13 nitrogen and oxygen atoms in total. The maximum Gasteiger partial charge on any atom is 0.152 e. The van der Waals surface area contributed by atoms with Crippen LogP contribution in [0.4, 0.5) is 0 Å².